The Labute approximate surface area is 101 Å². The molecule has 1 fully saturated rings. The minimum atomic E-state index is 0.250. The molecule has 1 unspecified atom stereocenters. The molecule has 1 aromatic rings. The normalized spacial score (nSPS) is 19.6. The Bertz CT molecular complexity index is 384. The maximum Gasteiger partial charge on any atom is 0.215 e. The number of methoxy groups -OCH3 is 1. The molecule has 0 radical (unpaired) electrons. The molecule has 17 heavy (non-hydrogen) atoms. The number of aromatic nitrogens is 1. The smallest absolute Gasteiger partial charge is 0.215 e. The molecule has 1 atom stereocenters. The standard InChI is InChI=1S/C12H19N3O2/c1-17-11-3-2-10(13)12(14-11)15-6-4-9(8-15)5-7-16/h2-3,9,16H,4-8,13H2,1H3. The van der Waals surface area contributed by atoms with E-state index >= 15 is 0 Å². The Morgan fingerprint density at radius 1 is 1.59 bits per heavy atom. The molecule has 94 valence electrons. The number of hydrogen-bond donors (Lipinski definition) is 2. The van der Waals surface area contributed by atoms with Gasteiger partial charge in [0.15, 0.2) is 5.82 Å². The third-order valence-electron chi connectivity index (χ3n) is 3.21. The van der Waals surface area contributed by atoms with Gasteiger partial charge in [-0.25, -0.2) is 0 Å². The van der Waals surface area contributed by atoms with Crippen LogP contribution in [0.4, 0.5) is 11.5 Å². The first-order valence-electron chi connectivity index (χ1n) is 5.91. The van der Waals surface area contributed by atoms with E-state index in [4.69, 9.17) is 15.6 Å². The molecule has 2 heterocycles. The average Bonchev–Trinajstić information content (AvgIpc) is 2.79. The summed E-state index contributed by atoms with van der Waals surface area (Å²) >= 11 is 0. The molecule has 1 aromatic heterocycles. The van der Waals surface area contributed by atoms with E-state index in [1.165, 1.54) is 0 Å². The molecular formula is C12H19N3O2. The minimum absolute atomic E-state index is 0.250. The highest BCUT2D eigenvalue weighted by Crippen LogP contribution is 2.29. The Hall–Kier alpha value is -1.49. The fraction of sp³-hybridized carbons (Fsp3) is 0.583. The summed E-state index contributed by atoms with van der Waals surface area (Å²) in [5.74, 6) is 1.91. The van der Waals surface area contributed by atoms with E-state index in [-0.39, 0.29) is 6.61 Å². The summed E-state index contributed by atoms with van der Waals surface area (Å²) in [6, 6.07) is 3.58. The number of hydrogen-bond acceptors (Lipinski definition) is 5. The summed E-state index contributed by atoms with van der Waals surface area (Å²) in [7, 11) is 1.60. The molecule has 5 nitrogen and oxygen atoms in total. The second kappa shape index (κ2) is 5.23. The Kier molecular flexibility index (Phi) is 3.68. The number of pyridine rings is 1. The lowest BCUT2D eigenvalue weighted by molar-refractivity contribution is 0.263. The zero-order valence-corrected chi connectivity index (χ0v) is 10.1. The third kappa shape index (κ3) is 2.61. The largest absolute Gasteiger partial charge is 0.481 e. The van der Waals surface area contributed by atoms with Crippen molar-refractivity contribution in [1.82, 2.24) is 4.98 Å². The van der Waals surface area contributed by atoms with Gasteiger partial charge in [0.2, 0.25) is 5.88 Å². The zero-order valence-electron chi connectivity index (χ0n) is 10.1. The summed E-state index contributed by atoms with van der Waals surface area (Å²) in [6.07, 6.45) is 1.93. The predicted molar refractivity (Wildman–Crippen MR) is 67.2 cm³/mol. The molecule has 1 aliphatic heterocycles. The topological polar surface area (TPSA) is 71.6 Å². The van der Waals surface area contributed by atoms with Gasteiger partial charge in [-0.1, -0.05) is 0 Å². The van der Waals surface area contributed by atoms with Crippen molar-refractivity contribution < 1.29 is 9.84 Å². The number of aliphatic hydroxyl groups is 1. The number of rotatable bonds is 4. The maximum absolute atomic E-state index is 8.94. The number of nitrogens with two attached hydrogens (primary N) is 1. The first-order chi connectivity index (χ1) is 8.24. The van der Waals surface area contributed by atoms with Crippen LogP contribution >= 0.6 is 0 Å². The monoisotopic (exact) mass is 237 g/mol. The van der Waals surface area contributed by atoms with E-state index in [0.29, 0.717) is 17.5 Å². The van der Waals surface area contributed by atoms with E-state index < -0.39 is 0 Å². The van der Waals surface area contributed by atoms with Crippen LogP contribution in [-0.4, -0.2) is 36.9 Å². The van der Waals surface area contributed by atoms with Gasteiger partial charge in [0.25, 0.3) is 0 Å². The molecular weight excluding hydrogens is 218 g/mol. The number of anilines is 2. The zero-order chi connectivity index (χ0) is 12.3. The molecule has 3 N–H and O–H groups in total. The van der Waals surface area contributed by atoms with Crippen molar-refractivity contribution in [2.45, 2.75) is 12.8 Å². The highest BCUT2D eigenvalue weighted by atomic mass is 16.5. The van der Waals surface area contributed by atoms with Crippen LogP contribution in [0.25, 0.3) is 0 Å². The van der Waals surface area contributed by atoms with Crippen molar-refractivity contribution in [1.29, 1.82) is 0 Å². The molecule has 0 spiro atoms. The van der Waals surface area contributed by atoms with Gasteiger partial charge in [0.1, 0.15) is 0 Å². The van der Waals surface area contributed by atoms with Crippen LogP contribution in [0.15, 0.2) is 12.1 Å². The Morgan fingerprint density at radius 3 is 3.12 bits per heavy atom. The van der Waals surface area contributed by atoms with E-state index in [1.54, 1.807) is 13.2 Å². The predicted octanol–water partition coefficient (Wildman–Crippen LogP) is 0.881. The van der Waals surface area contributed by atoms with Crippen LogP contribution in [0.1, 0.15) is 12.8 Å². The van der Waals surface area contributed by atoms with Crippen LogP contribution in [0.3, 0.4) is 0 Å². The van der Waals surface area contributed by atoms with Crippen LogP contribution in [0, 0.1) is 5.92 Å². The van der Waals surface area contributed by atoms with E-state index in [1.807, 2.05) is 6.07 Å². The van der Waals surface area contributed by atoms with Gasteiger partial charge < -0.3 is 20.5 Å². The van der Waals surface area contributed by atoms with Gasteiger partial charge in [-0.05, 0) is 24.8 Å². The maximum atomic E-state index is 8.94. The van der Waals surface area contributed by atoms with Crippen molar-refractivity contribution in [3.8, 4) is 5.88 Å². The second-order valence-corrected chi connectivity index (χ2v) is 4.38. The first-order valence-corrected chi connectivity index (χ1v) is 5.91. The van der Waals surface area contributed by atoms with Gasteiger partial charge >= 0.3 is 0 Å². The molecule has 0 saturated carbocycles. The number of nitrogen functional groups attached to an aromatic ring is 1. The van der Waals surface area contributed by atoms with Crippen molar-refractivity contribution in [3.05, 3.63) is 12.1 Å². The minimum Gasteiger partial charge on any atom is -0.481 e. The van der Waals surface area contributed by atoms with Gasteiger partial charge in [-0.15, -0.1) is 0 Å². The number of ether oxygens (including phenoxy) is 1. The molecule has 0 amide bonds. The van der Waals surface area contributed by atoms with Crippen LogP contribution < -0.4 is 15.4 Å². The summed E-state index contributed by atoms with van der Waals surface area (Å²) in [4.78, 5) is 6.55. The van der Waals surface area contributed by atoms with Crippen molar-refractivity contribution in [3.63, 3.8) is 0 Å². The van der Waals surface area contributed by atoms with Crippen LogP contribution in [0.5, 0.6) is 5.88 Å². The van der Waals surface area contributed by atoms with Gasteiger partial charge in [0, 0.05) is 25.8 Å². The highest BCUT2D eigenvalue weighted by molar-refractivity contribution is 5.64. The summed E-state index contributed by atoms with van der Waals surface area (Å²) in [5, 5.41) is 8.94. The lowest BCUT2D eigenvalue weighted by Crippen LogP contribution is -2.22. The van der Waals surface area contributed by atoms with Crippen LogP contribution in [0.2, 0.25) is 0 Å². The van der Waals surface area contributed by atoms with Crippen molar-refractivity contribution >= 4 is 11.5 Å². The quantitative estimate of drug-likeness (QED) is 0.813. The van der Waals surface area contributed by atoms with Crippen molar-refractivity contribution in [2.75, 3.05) is 37.4 Å². The molecule has 0 aromatic carbocycles. The SMILES string of the molecule is COc1ccc(N)c(N2CCC(CCO)C2)n1. The molecule has 1 aliphatic rings. The van der Waals surface area contributed by atoms with Crippen molar-refractivity contribution in [2.24, 2.45) is 5.92 Å². The fourth-order valence-electron chi connectivity index (χ4n) is 2.25. The van der Waals surface area contributed by atoms with Gasteiger partial charge in [-0.3, -0.25) is 0 Å². The fourth-order valence-corrected chi connectivity index (χ4v) is 2.25. The number of aliphatic hydroxyl groups excluding tert-OH is 1. The first kappa shape index (κ1) is 12.0. The molecule has 1 saturated heterocycles. The average molecular weight is 237 g/mol. The second-order valence-electron chi connectivity index (χ2n) is 4.38. The summed E-state index contributed by atoms with van der Waals surface area (Å²) < 4.78 is 5.11. The summed E-state index contributed by atoms with van der Waals surface area (Å²) in [5.41, 5.74) is 6.61. The van der Waals surface area contributed by atoms with Gasteiger partial charge in [0.05, 0.1) is 12.8 Å². The molecule has 0 aliphatic carbocycles. The Morgan fingerprint density at radius 2 is 2.41 bits per heavy atom. The molecule has 5 heteroatoms. The molecule has 0 bridgehead atoms. The van der Waals surface area contributed by atoms with E-state index in [2.05, 4.69) is 9.88 Å². The van der Waals surface area contributed by atoms with E-state index in [0.717, 1.165) is 31.7 Å². The third-order valence-corrected chi connectivity index (χ3v) is 3.21. The van der Waals surface area contributed by atoms with Crippen LogP contribution in [-0.2, 0) is 0 Å². The Balaban J connectivity index is 2.12. The summed E-state index contributed by atoms with van der Waals surface area (Å²) in [6.45, 7) is 2.10. The van der Waals surface area contributed by atoms with E-state index in [9.17, 15) is 0 Å². The van der Waals surface area contributed by atoms with Gasteiger partial charge in [-0.2, -0.15) is 4.98 Å². The highest BCUT2D eigenvalue weighted by Gasteiger charge is 2.24. The number of nitrogens with zero attached hydrogens (tertiary/aromatic N) is 2. The molecule has 2 rings (SSSR count). The lowest BCUT2D eigenvalue weighted by atomic mass is 10.1. The lowest BCUT2D eigenvalue weighted by Gasteiger charge is -2.19.